The van der Waals surface area contributed by atoms with Crippen LogP contribution < -0.4 is 5.73 Å². The Morgan fingerprint density at radius 3 is 2.86 bits per heavy atom. The number of aliphatic hydroxyl groups excluding tert-OH is 1. The number of hydrogen-bond donors (Lipinski definition) is 2. The summed E-state index contributed by atoms with van der Waals surface area (Å²) < 4.78 is 0. The molecule has 14 heavy (non-hydrogen) atoms. The van der Waals surface area contributed by atoms with Crippen LogP contribution in [0.5, 0.6) is 0 Å². The van der Waals surface area contributed by atoms with Crippen LogP contribution in [0, 0.1) is 0 Å². The number of likely N-dealkylation sites (tertiary alicyclic amines) is 1. The van der Waals surface area contributed by atoms with Crippen molar-refractivity contribution < 1.29 is 9.90 Å². The number of rotatable bonds is 2. The third kappa shape index (κ3) is 2.69. The second kappa shape index (κ2) is 5.32. The minimum atomic E-state index is -0.572. The number of carbonyl (C=O) groups excluding carboxylic acids is 1. The first kappa shape index (κ1) is 11.5. The van der Waals surface area contributed by atoms with Crippen LogP contribution in [-0.4, -0.2) is 41.1 Å². The van der Waals surface area contributed by atoms with Crippen molar-refractivity contribution in [1.29, 1.82) is 0 Å². The minimum Gasteiger partial charge on any atom is -0.390 e. The molecule has 1 aliphatic rings. The average Bonchev–Trinajstić information content (AvgIpc) is 2.41. The Labute approximate surface area is 85.1 Å². The zero-order chi connectivity index (χ0) is 10.6. The lowest BCUT2D eigenvalue weighted by Gasteiger charge is -2.32. The lowest BCUT2D eigenvalue weighted by Crippen LogP contribution is -2.48. The molecule has 0 aromatic rings. The van der Waals surface area contributed by atoms with Crippen molar-refractivity contribution in [3.63, 3.8) is 0 Å². The monoisotopic (exact) mass is 200 g/mol. The number of carbonyl (C=O) groups is 1. The van der Waals surface area contributed by atoms with Crippen molar-refractivity contribution in [2.45, 2.75) is 44.8 Å². The number of aliphatic hydroxyl groups is 1. The zero-order valence-corrected chi connectivity index (χ0v) is 8.78. The first-order valence-corrected chi connectivity index (χ1v) is 5.32. The lowest BCUT2D eigenvalue weighted by atomic mass is 10.0. The van der Waals surface area contributed by atoms with E-state index >= 15 is 0 Å². The molecule has 82 valence electrons. The van der Waals surface area contributed by atoms with Crippen molar-refractivity contribution in [2.75, 3.05) is 13.1 Å². The molecule has 1 aliphatic heterocycles. The predicted octanol–water partition coefficient (Wildman–Crippen LogP) is 0.0971. The summed E-state index contributed by atoms with van der Waals surface area (Å²) in [6, 6.07) is -0.0694. The van der Waals surface area contributed by atoms with E-state index < -0.39 is 6.10 Å². The fourth-order valence-electron chi connectivity index (χ4n) is 2.08. The van der Waals surface area contributed by atoms with Crippen molar-refractivity contribution >= 4 is 5.91 Å². The van der Waals surface area contributed by atoms with E-state index in [1.54, 1.807) is 11.8 Å². The molecule has 1 fully saturated rings. The molecule has 0 aromatic heterocycles. The van der Waals surface area contributed by atoms with Crippen LogP contribution in [0.4, 0.5) is 0 Å². The highest BCUT2D eigenvalue weighted by atomic mass is 16.3. The molecule has 0 aromatic carbocycles. The molecular weight excluding hydrogens is 180 g/mol. The minimum absolute atomic E-state index is 0.0457. The van der Waals surface area contributed by atoms with Crippen LogP contribution in [0.2, 0.25) is 0 Å². The quantitative estimate of drug-likeness (QED) is 0.664. The number of amides is 1. The lowest BCUT2D eigenvalue weighted by molar-refractivity contribution is -0.133. The molecule has 1 amide bonds. The Morgan fingerprint density at radius 1 is 1.57 bits per heavy atom. The van der Waals surface area contributed by atoms with Gasteiger partial charge in [-0.3, -0.25) is 4.79 Å². The van der Waals surface area contributed by atoms with Gasteiger partial charge in [-0.05, 0) is 12.8 Å². The molecule has 2 atom stereocenters. The summed E-state index contributed by atoms with van der Waals surface area (Å²) >= 11 is 0. The molecule has 0 aliphatic carbocycles. The van der Waals surface area contributed by atoms with Gasteiger partial charge in [0.15, 0.2) is 0 Å². The highest BCUT2D eigenvalue weighted by Gasteiger charge is 2.28. The first-order chi connectivity index (χ1) is 6.66. The summed E-state index contributed by atoms with van der Waals surface area (Å²) in [5.74, 6) is 0.0457. The third-order valence-electron chi connectivity index (χ3n) is 2.89. The summed E-state index contributed by atoms with van der Waals surface area (Å²) in [6.07, 6.45) is 3.55. The van der Waals surface area contributed by atoms with E-state index in [1.807, 2.05) is 0 Å². The van der Waals surface area contributed by atoms with Crippen LogP contribution in [0.15, 0.2) is 0 Å². The van der Waals surface area contributed by atoms with Gasteiger partial charge in [0.05, 0.1) is 12.1 Å². The summed E-state index contributed by atoms with van der Waals surface area (Å²) in [6.45, 7) is 2.55. The maximum Gasteiger partial charge on any atom is 0.219 e. The van der Waals surface area contributed by atoms with Crippen molar-refractivity contribution in [2.24, 2.45) is 5.73 Å². The Kier molecular flexibility index (Phi) is 4.35. The highest BCUT2D eigenvalue weighted by Crippen LogP contribution is 2.19. The largest absolute Gasteiger partial charge is 0.390 e. The Hall–Kier alpha value is -0.610. The summed E-state index contributed by atoms with van der Waals surface area (Å²) in [4.78, 5) is 13.1. The normalized spacial score (nSPS) is 25.6. The van der Waals surface area contributed by atoms with Gasteiger partial charge in [0.25, 0.3) is 0 Å². The van der Waals surface area contributed by atoms with Crippen molar-refractivity contribution in [3.8, 4) is 0 Å². The van der Waals surface area contributed by atoms with Crippen molar-refractivity contribution in [1.82, 2.24) is 4.90 Å². The SMILES string of the molecule is CC(=O)N1CCCCCC1C(O)CN. The average molecular weight is 200 g/mol. The van der Waals surface area contributed by atoms with Gasteiger partial charge in [0, 0.05) is 20.0 Å². The van der Waals surface area contributed by atoms with E-state index in [0.717, 1.165) is 32.2 Å². The molecule has 0 spiro atoms. The van der Waals surface area contributed by atoms with Crippen molar-refractivity contribution in [3.05, 3.63) is 0 Å². The fourth-order valence-corrected chi connectivity index (χ4v) is 2.08. The van der Waals surface area contributed by atoms with Gasteiger partial charge in [-0.25, -0.2) is 0 Å². The van der Waals surface area contributed by atoms with E-state index in [4.69, 9.17) is 5.73 Å². The zero-order valence-electron chi connectivity index (χ0n) is 8.78. The van der Waals surface area contributed by atoms with Gasteiger partial charge >= 0.3 is 0 Å². The number of nitrogens with two attached hydrogens (primary N) is 1. The Bertz CT molecular complexity index is 197. The Balaban J connectivity index is 2.68. The fraction of sp³-hybridized carbons (Fsp3) is 0.900. The van der Waals surface area contributed by atoms with Crippen LogP contribution >= 0.6 is 0 Å². The Morgan fingerprint density at radius 2 is 2.29 bits per heavy atom. The highest BCUT2D eigenvalue weighted by molar-refractivity contribution is 5.73. The van der Waals surface area contributed by atoms with Gasteiger partial charge < -0.3 is 15.7 Å². The van der Waals surface area contributed by atoms with Crippen LogP contribution in [-0.2, 0) is 4.79 Å². The number of hydrogen-bond acceptors (Lipinski definition) is 3. The molecule has 4 heteroatoms. The summed E-state index contributed by atoms with van der Waals surface area (Å²) in [5.41, 5.74) is 5.43. The molecule has 4 nitrogen and oxygen atoms in total. The molecular formula is C10H20N2O2. The maximum absolute atomic E-state index is 11.4. The molecule has 3 N–H and O–H groups in total. The molecule has 2 unspecified atom stereocenters. The molecule has 0 radical (unpaired) electrons. The van der Waals surface area contributed by atoms with E-state index in [0.29, 0.717) is 0 Å². The van der Waals surface area contributed by atoms with Crippen LogP contribution in [0.1, 0.15) is 32.6 Å². The molecule has 1 saturated heterocycles. The summed E-state index contributed by atoms with van der Waals surface area (Å²) in [5, 5.41) is 9.71. The van der Waals surface area contributed by atoms with Gasteiger partial charge in [-0.15, -0.1) is 0 Å². The molecule has 1 heterocycles. The second-order valence-electron chi connectivity index (χ2n) is 3.93. The van der Waals surface area contributed by atoms with E-state index in [9.17, 15) is 9.90 Å². The smallest absolute Gasteiger partial charge is 0.219 e. The summed E-state index contributed by atoms with van der Waals surface area (Å²) in [7, 11) is 0. The second-order valence-corrected chi connectivity index (χ2v) is 3.93. The topological polar surface area (TPSA) is 66.6 Å². The van der Waals surface area contributed by atoms with Gasteiger partial charge in [0.2, 0.25) is 5.91 Å². The number of nitrogens with zero attached hydrogens (tertiary/aromatic N) is 1. The van der Waals surface area contributed by atoms with Crippen LogP contribution in [0.25, 0.3) is 0 Å². The molecule has 0 bridgehead atoms. The van der Waals surface area contributed by atoms with Gasteiger partial charge in [-0.2, -0.15) is 0 Å². The standard InChI is InChI=1S/C10H20N2O2/c1-8(13)12-6-4-2-3-5-9(12)10(14)7-11/h9-10,14H,2-7,11H2,1H3. The van der Waals surface area contributed by atoms with E-state index in [-0.39, 0.29) is 18.5 Å². The van der Waals surface area contributed by atoms with E-state index in [1.165, 1.54) is 0 Å². The maximum atomic E-state index is 11.4. The van der Waals surface area contributed by atoms with Gasteiger partial charge in [-0.1, -0.05) is 12.8 Å². The molecule has 0 saturated carbocycles. The third-order valence-corrected chi connectivity index (χ3v) is 2.89. The predicted molar refractivity (Wildman–Crippen MR) is 54.7 cm³/mol. The molecule has 1 rings (SSSR count). The van der Waals surface area contributed by atoms with Gasteiger partial charge in [0.1, 0.15) is 0 Å². The van der Waals surface area contributed by atoms with Crippen LogP contribution in [0.3, 0.4) is 0 Å². The van der Waals surface area contributed by atoms with E-state index in [2.05, 4.69) is 0 Å². The first-order valence-electron chi connectivity index (χ1n) is 5.32.